The quantitative estimate of drug-likeness (QED) is 0.603. The zero-order valence-electron chi connectivity index (χ0n) is 13.9. The van der Waals surface area contributed by atoms with Crippen molar-refractivity contribution in [3.63, 3.8) is 0 Å². The van der Waals surface area contributed by atoms with Crippen LogP contribution in [0.4, 0.5) is 4.79 Å². The number of rotatable bonds is 6. The highest BCUT2D eigenvalue weighted by Gasteiger charge is 2.44. The Morgan fingerprint density at radius 2 is 1.96 bits per heavy atom. The van der Waals surface area contributed by atoms with Crippen LogP contribution >= 0.6 is 0 Å². The van der Waals surface area contributed by atoms with Crippen LogP contribution in [0.15, 0.2) is 36.5 Å². The summed E-state index contributed by atoms with van der Waals surface area (Å²) in [5.74, 6) is 0.113. The van der Waals surface area contributed by atoms with Gasteiger partial charge in [0.1, 0.15) is 6.04 Å². The Hall–Kier alpha value is -2.63. The maximum absolute atomic E-state index is 12.6. The number of imide groups is 1. The summed E-state index contributed by atoms with van der Waals surface area (Å²) in [6.07, 6.45) is 4.57. The Labute approximate surface area is 141 Å². The minimum atomic E-state index is -0.498. The number of pyridine rings is 1. The number of carbonyl (C=O) groups excluding carboxylic acids is 2. The van der Waals surface area contributed by atoms with Crippen molar-refractivity contribution in [2.75, 3.05) is 6.54 Å². The summed E-state index contributed by atoms with van der Waals surface area (Å²) in [5, 5.41) is 1.64. The van der Waals surface area contributed by atoms with E-state index in [1.54, 1.807) is 24.1 Å². The molecule has 2 heterocycles. The van der Waals surface area contributed by atoms with Crippen molar-refractivity contribution in [1.29, 1.82) is 0 Å². The van der Waals surface area contributed by atoms with Gasteiger partial charge in [-0.1, -0.05) is 37.0 Å². The summed E-state index contributed by atoms with van der Waals surface area (Å²) in [5.41, 5.74) is 0.752. The van der Waals surface area contributed by atoms with Gasteiger partial charge >= 0.3 is 6.03 Å². The van der Waals surface area contributed by atoms with Gasteiger partial charge in [-0.3, -0.25) is 9.78 Å². The van der Waals surface area contributed by atoms with Crippen molar-refractivity contribution in [3.8, 4) is 5.75 Å². The summed E-state index contributed by atoms with van der Waals surface area (Å²) in [6, 6.07) is 8.22. The molecular formula is C18H21N3O3. The monoisotopic (exact) mass is 327 g/mol. The van der Waals surface area contributed by atoms with Crippen LogP contribution in [0.5, 0.6) is 5.75 Å². The van der Waals surface area contributed by atoms with Gasteiger partial charge in [0.2, 0.25) is 0 Å². The molecule has 1 fully saturated rings. The molecule has 6 heteroatoms. The molecular weight excluding hydrogens is 306 g/mol. The number of hydrogen-bond acceptors (Lipinski definition) is 4. The van der Waals surface area contributed by atoms with Gasteiger partial charge in [-0.15, -0.1) is 0 Å². The Morgan fingerprint density at radius 3 is 2.75 bits per heavy atom. The molecule has 1 aliphatic heterocycles. The minimum absolute atomic E-state index is 0.336. The van der Waals surface area contributed by atoms with Crippen LogP contribution in [-0.4, -0.2) is 39.5 Å². The van der Waals surface area contributed by atoms with Crippen molar-refractivity contribution in [3.05, 3.63) is 36.5 Å². The number of aromatic nitrogens is 1. The van der Waals surface area contributed by atoms with E-state index in [-0.39, 0.29) is 5.91 Å². The molecule has 1 aromatic carbocycles. The number of carbonyl (C=O) groups is 2. The van der Waals surface area contributed by atoms with E-state index in [1.165, 1.54) is 0 Å². The molecule has 0 saturated carbocycles. The molecule has 24 heavy (non-hydrogen) atoms. The molecule has 0 N–H and O–H groups in total. The first-order valence-corrected chi connectivity index (χ1v) is 8.29. The Bertz CT molecular complexity index is 757. The molecule has 2 aromatic rings. The van der Waals surface area contributed by atoms with Crippen LogP contribution < -0.4 is 4.84 Å². The maximum Gasteiger partial charge on any atom is 0.361 e. The maximum atomic E-state index is 12.6. The second kappa shape index (κ2) is 6.86. The average molecular weight is 327 g/mol. The molecule has 0 bridgehead atoms. The van der Waals surface area contributed by atoms with Crippen molar-refractivity contribution in [1.82, 2.24) is 14.9 Å². The van der Waals surface area contributed by atoms with E-state index in [9.17, 15) is 9.59 Å². The number of amides is 3. The van der Waals surface area contributed by atoms with Crippen LogP contribution in [0.2, 0.25) is 0 Å². The number of benzene rings is 1. The number of urea groups is 1. The Kier molecular flexibility index (Phi) is 4.64. The SMILES string of the molecule is CCCCCN1C(=O)N(Oc2ccnc3ccccc23)C(=O)C1C. The number of fused-ring (bicyclic) bond motifs is 1. The van der Waals surface area contributed by atoms with Crippen molar-refractivity contribution in [2.24, 2.45) is 0 Å². The molecule has 1 saturated heterocycles. The number of hydrogen-bond donors (Lipinski definition) is 0. The van der Waals surface area contributed by atoms with Crippen LogP contribution in [0.3, 0.4) is 0 Å². The summed E-state index contributed by atoms with van der Waals surface area (Å²) in [4.78, 5) is 36.5. The number of para-hydroxylation sites is 1. The predicted octanol–water partition coefficient (Wildman–Crippen LogP) is 3.37. The highest BCUT2D eigenvalue weighted by molar-refractivity contribution is 6.03. The fourth-order valence-corrected chi connectivity index (χ4v) is 2.83. The van der Waals surface area contributed by atoms with E-state index in [4.69, 9.17) is 4.84 Å². The summed E-state index contributed by atoms with van der Waals surface area (Å²) >= 11 is 0. The van der Waals surface area contributed by atoms with Gasteiger partial charge < -0.3 is 9.74 Å². The molecule has 3 rings (SSSR count). The van der Waals surface area contributed by atoms with E-state index >= 15 is 0 Å². The fourth-order valence-electron chi connectivity index (χ4n) is 2.83. The first kappa shape index (κ1) is 16.2. The fraction of sp³-hybridized carbons (Fsp3) is 0.389. The third-order valence-corrected chi connectivity index (χ3v) is 4.25. The van der Waals surface area contributed by atoms with Gasteiger partial charge in [-0.05, 0) is 25.5 Å². The number of hydroxylamine groups is 2. The third kappa shape index (κ3) is 2.91. The minimum Gasteiger partial charge on any atom is -0.367 e. The predicted molar refractivity (Wildman–Crippen MR) is 90.3 cm³/mol. The zero-order chi connectivity index (χ0) is 17.1. The highest BCUT2D eigenvalue weighted by atomic mass is 16.7. The molecule has 1 aromatic heterocycles. The smallest absolute Gasteiger partial charge is 0.361 e. The topological polar surface area (TPSA) is 62.7 Å². The Balaban J connectivity index is 1.81. The van der Waals surface area contributed by atoms with Gasteiger partial charge in [0.05, 0.1) is 5.52 Å². The second-order valence-corrected chi connectivity index (χ2v) is 5.91. The molecule has 1 atom stereocenters. The zero-order valence-corrected chi connectivity index (χ0v) is 13.9. The lowest BCUT2D eigenvalue weighted by Crippen LogP contribution is -2.36. The largest absolute Gasteiger partial charge is 0.367 e. The van der Waals surface area contributed by atoms with Crippen LogP contribution in [-0.2, 0) is 4.79 Å². The first-order chi connectivity index (χ1) is 11.6. The van der Waals surface area contributed by atoms with E-state index < -0.39 is 12.1 Å². The molecule has 1 unspecified atom stereocenters. The molecule has 0 spiro atoms. The molecule has 0 radical (unpaired) electrons. The van der Waals surface area contributed by atoms with Crippen molar-refractivity contribution < 1.29 is 14.4 Å². The van der Waals surface area contributed by atoms with E-state index in [0.29, 0.717) is 12.3 Å². The van der Waals surface area contributed by atoms with Gasteiger partial charge in [0, 0.05) is 24.2 Å². The summed E-state index contributed by atoms with van der Waals surface area (Å²) < 4.78 is 0. The van der Waals surface area contributed by atoms with E-state index in [0.717, 1.165) is 35.2 Å². The molecule has 3 amide bonds. The standard InChI is InChI=1S/C18H21N3O3/c1-3-4-7-12-20-13(2)17(22)21(18(20)23)24-16-10-11-19-15-9-6-5-8-14(15)16/h5-6,8-11,13H,3-4,7,12H2,1-2H3. The lowest BCUT2D eigenvalue weighted by molar-refractivity contribution is -0.143. The molecule has 126 valence electrons. The van der Waals surface area contributed by atoms with Crippen LogP contribution in [0.1, 0.15) is 33.1 Å². The normalized spacial score (nSPS) is 17.8. The molecule has 6 nitrogen and oxygen atoms in total. The van der Waals surface area contributed by atoms with E-state index in [2.05, 4.69) is 11.9 Å². The van der Waals surface area contributed by atoms with Crippen LogP contribution in [0.25, 0.3) is 10.9 Å². The van der Waals surface area contributed by atoms with Crippen LogP contribution in [0, 0.1) is 0 Å². The first-order valence-electron chi connectivity index (χ1n) is 8.29. The Morgan fingerprint density at radius 1 is 1.17 bits per heavy atom. The number of unbranched alkanes of at least 4 members (excludes halogenated alkanes) is 2. The van der Waals surface area contributed by atoms with Gasteiger partial charge in [-0.2, -0.15) is 0 Å². The van der Waals surface area contributed by atoms with Gasteiger partial charge in [0.25, 0.3) is 5.91 Å². The van der Waals surface area contributed by atoms with Gasteiger partial charge in [-0.25, -0.2) is 4.79 Å². The lowest BCUT2D eigenvalue weighted by Gasteiger charge is -2.18. The summed E-state index contributed by atoms with van der Waals surface area (Å²) in [7, 11) is 0. The van der Waals surface area contributed by atoms with Crippen molar-refractivity contribution >= 4 is 22.8 Å². The lowest BCUT2D eigenvalue weighted by atomic mass is 10.2. The molecule has 0 aliphatic carbocycles. The third-order valence-electron chi connectivity index (χ3n) is 4.25. The molecule has 1 aliphatic rings. The number of nitrogens with zero attached hydrogens (tertiary/aromatic N) is 3. The summed E-state index contributed by atoms with van der Waals surface area (Å²) in [6.45, 7) is 4.40. The second-order valence-electron chi connectivity index (χ2n) is 5.91. The van der Waals surface area contributed by atoms with E-state index in [1.807, 2.05) is 24.3 Å². The van der Waals surface area contributed by atoms with Crippen molar-refractivity contribution in [2.45, 2.75) is 39.2 Å². The highest BCUT2D eigenvalue weighted by Crippen LogP contribution is 2.27. The average Bonchev–Trinajstić information content (AvgIpc) is 2.80. The van der Waals surface area contributed by atoms with Gasteiger partial charge in [0.15, 0.2) is 5.75 Å².